The molecule has 2 N–H and O–H groups in total. The Morgan fingerprint density at radius 1 is 1.40 bits per heavy atom. The number of hydrogen-bond acceptors (Lipinski definition) is 4. The van der Waals surface area contributed by atoms with Crippen LogP contribution in [0.5, 0.6) is 0 Å². The third-order valence-corrected chi connectivity index (χ3v) is 4.61. The van der Waals surface area contributed by atoms with Crippen molar-refractivity contribution in [1.82, 2.24) is 10.2 Å². The Morgan fingerprint density at radius 3 is 2.60 bits per heavy atom. The van der Waals surface area contributed by atoms with E-state index >= 15 is 0 Å². The van der Waals surface area contributed by atoms with Gasteiger partial charge in [-0.3, -0.25) is 9.59 Å². The summed E-state index contributed by atoms with van der Waals surface area (Å²) in [5, 5.41) is 11.1. The van der Waals surface area contributed by atoms with Crippen LogP contribution >= 0.6 is 11.8 Å². The van der Waals surface area contributed by atoms with Gasteiger partial charge in [0.2, 0.25) is 12.3 Å². The SMILES string of the molecule is CN(C(=O)CSCC(NC=O)C(=O)O)C1CCCCC1. The van der Waals surface area contributed by atoms with Gasteiger partial charge in [0, 0.05) is 18.8 Å². The molecule has 0 radical (unpaired) electrons. The molecule has 114 valence electrons. The molecular weight excluding hydrogens is 280 g/mol. The summed E-state index contributed by atoms with van der Waals surface area (Å²) in [4.78, 5) is 34.9. The zero-order chi connectivity index (χ0) is 15.0. The molecule has 1 aliphatic rings. The second kappa shape index (κ2) is 8.84. The minimum atomic E-state index is -1.09. The Balaban J connectivity index is 2.30. The molecule has 0 bridgehead atoms. The Kier molecular flexibility index (Phi) is 7.43. The van der Waals surface area contributed by atoms with Gasteiger partial charge in [0.15, 0.2) is 0 Å². The van der Waals surface area contributed by atoms with Crippen LogP contribution in [0.15, 0.2) is 0 Å². The largest absolute Gasteiger partial charge is 0.480 e. The normalized spacial score (nSPS) is 17.2. The number of hydrogen-bond donors (Lipinski definition) is 2. The summed E-state index contributed by atoms with van der Waals surface area (Å²) in [5.41, 5.74) is 0. The predicted octanol–water partition coefficient (Wildman–Crippen LogP) is 0.710. The van der Waals surface area contributed by atoms with Gasteiger partial charge in [0.25, 0.3) is 0 Å². The van der Waals surface area contributed by atoms with Crippen LogP contribution in [0.4, 0.5) is 0 Å². The molecule has 1 fully saturated rings. The number of amides is 2. The monoisotopic (exact) mass is 302 g/mol. The zero-order valence-electron chi connectivity index (χ0n) is 11.7. The molecule has 0 saturated heterocycles. The van der Waals surface area contributed by atoms with E-state index in [0.717, 1.165) is 12.8 Å². The van der Waals surface area contributed by atoms with Crippen LogP contribution in [-0.4, -0.2) is 58.9 Å². The molecule has 2 amide bonds. The maximum Gasteiger partial charge on any atom is 0.327 e. The van der Waals surface area contributed by atoms with Crippen molar-refractivity contribution >= 4 is 30.0 Å². The lowest BCUT2D eigenvalue weighted by Gasteiger charge is -2.31. The van der Waals surface area contributed by atoms with Crippen LogP contribution in [0.2, 0.25) is 0 Å². The number of aliphatic carboxylic acids is 1. The lowest BCUT2D eigenvalue weighted by Crippen LogP contribution is -2.40. The maximum absolute atomic E-state index is 12.0. The maximum atomic E-state index is 12.0. The molecule has 6 nitrogen and oxygen atoms in total. The Morgan fingerprint density at radius 2 is 2.05 bits per heavy atom. The first-order chi connectivity index (χ1) is 9.56. The fraction of sp³-hybridized carbons (Fsp3) is 0.769. The van der Waals surface area contributed by atoms with Crippen molar-refractivity contribution in [3.8, 4) is 0 Å². The number of carboxylic acids is 1. The van der Waals surface area contributed by atoms with Gasteiger partial charge in [-0.15, -0.1) is 11.8 Å². The van der Waals surface area contributed by atoms with Gasteiger partial charge in [-0.05, 0) is 12.8 Å². The summed E-state index contributed by atoms with van der Waals surface area (Å²) in [6.45, 7) is 0. The summed E-state index contributed by atoms with van der Waals surface area (Å²) < 4.78 is 0. The molecule has 1 rings (SSSR count). The quantitative estimate of drug-likeness (QED) is 0.645. The van der Waals surface area contributed by atoms with Crippen molar-refractivity contribution in [3.05, 3.63) is 0 Å². The molecule has 0 spiro atoms. The standard InChI is InChI=1S/C13H22N2O4S/c1-15(10-5-3-2-4-6-10)12(17)8-20-7-11(13(18)19)14-9-16/h9-11H,2-8H2,1H3,(H,14,16)(H,18,19). The number of nitrogens with one attached hydrogen (secondary N) is 1. The minimum Gasteiger partial charge on any atom is -0.480 e. The summed E-state index contributed by atoms with van der Waals surface area (Å²) >= 11 is 1.24. The second-order valence-corrected chi connectivity index (χ2v) is 6.02. The number of carbonyl (C=O) groups is 3. The highest BCUT2D eigenvalue weighted by Crippen LogP contribution is 2.22. The van der Waals surface area contributed by atoms with Gasteiger partial charge in [-0.25, -0.2) is 4.79 Å². The minimum absolute atomic E-state index is 0.0251. The van der Waals surface area contributed by atoms with Crippen LogP contribution in [0.3, 0.4) is 0 Å². The van der Waals surface area contributed by atoms with Gasteiger partial charge in [0.1, 0.15) is 6.04 Å². The molecule has 7 heteroatoms. The lowest BCUT2D eigenvalue weighted by molar-refractivity contribution is -0.139. The van der Waals surface area contributed by atoms with Crippen molar-refractivity contribution in [2.75, 3.05) is 18.6 Å². The number of carboxylic acid groups (broad SMARTS) is 1. The molecule has 1 aliphatic carbocycles. The second-order valence-electron chi connectivity index (χ2n) is 4.99. The first kappa shape index (κ1) is 16.8. The van der Waals surface area contributed by atoms with Gasteiger partial charge in [-0.1, -0.05) is 19.3 Å². The van der Waals surface area contributed by atoms with Crippen molar-refractivity contribution in [3.63, 3.8) is 0 Å². The van der Waals surface area contributed by atoms with Crippen LogP contribution < -0.4 is 5.32 Å². The molecule has 0 aromatic heterocycles. The van der Waals surface area contributed by atoms with E-state index in [9.17, 15) is 14.4 Å². The summed E-state index contributed by atoms with van der Waals surface area (Å²) in [5.74, 6) is -0.620. The molecule has 0 aliphatic heterocycles. The molecule has 0 heterocycles. The lowest BCUT2D eigenvalue weighted by atomic mass is 9.94. The molecular formula is C13H22N2O4S. The van der Waals surface area contributed by atoms with Gasteiger partial charge >= 0.3 is 5.97 Å². The summed E-state index contributed by atoms with van der Waals surface area (Å²) in [7, 11) is 1.82. The molecule has 0 aromatic rings. The van der Waals surface area contributed by atoms with Crippen molar-refractivity contribution < 1.29 is 19.5 Å². The van der Waals surface area contributed by atoms with E-state index in [-0.39, 0.29) is 17.4 Å². The van der Waals surface area contributed by atoms with E-state index in [1.165, 1.54) is 31.0 Å². The van der Waals surface area contributed by atoms with E-state index in [2.05, 4.69) is 5.32 Å². The molecule has 0 aromatic carbocycles. The predicted molar refractivity (Wildman–Crippen MR) is 77.6 cm³/mol. The van der Waals surface area contributed by atoms with E-state index in [1.54, 1.807) is 4.90 Å². The highest BCUT2D eigenvalue weighted by atomic mass is 32.2. The van der Waals surface area contributed by atoms with E-state index < -0.39 is 12.0 Å². The zero-order valence-corrected chi connectivity index (χ0v) is 12.5. The molecule has 1 unspecified atom stereocenters. The molecule has 20 heavy (non-hydrogen) atoms. The topological polar surface area (TPSA) is 86.7 Å². The summed E-state index contributed by atoms with van der Waals surface area (Å²) in [6.07, 6.45) is 6.05. The van der Waals surface area contributed by atoms with Gasteiger partial charge in [0.05, 0.1) is 5.75 Å². The van der Waals surface area contributed by atoms with Crippen LogP contribution in [0.1, 0.15) is 32.1 Å². The van der Waals surface area contributed by atoms with E-state index in [4.69, 9.17) is 5.11 Å². The van der Waals surface area contributed by atoms with E-state index in [1.807, 2.05) is 7.05 Å². The average molecular weight is 302 g/mol. The fourth-order valence-corrected chi connectivity index (χ4v) is 3.28. The molecule has 1 atom stereocenters. The number of thioether (sulfide) groups is 1. The fourth-order valence-electron chi connectivity index (χ4n) is 2.31. The van der Waals surface area contributed by atoms with Gasteiger partial charge in [-0.2, -0.15) is 0 Å². The average Bonchev–Trinajstić information content (AvgIpc) is 2.46. The highest BCUT2D eigenvalue weighted by molar-refractivity contribution is 8.00. The smallest absolute Gasteiger partial charge is 0.327 e. The van der Waals surface area contributed by atoms with E-state index in [0.29, 0.717) is 12.5 Å². The van der Waals surface area contributed by atoms with Crippen LogP contribution in [0.25, 0.3) is 0 Å². The van der Waals surface area contributed by atoms with Crippen molar-refractivity contribution in [2.24, 2.45) is 0 Å². The number of carbonyl (C=O) groups excluding carboxylic acids is 2. The summed E-state index contributed by atoms with van der Waals surface area (Å²) in [6, 6.07) is -0.620. The Bertz CT molecular complexity index is 345. The van der Waals surface area contributed by atoms with Crippen molar-refractivity contribution in [1.29, 1.82) is 0 Å². The van der Waals surface area contributed by atoms with Crippen LogP contribution in [0, 0.1) is 0 Å². The van der Waals surface area contributed by atoms with Gasteiger partial charge < -0.3 is 15.3 Å². The number of rotatable bonds is 8. The number of nitrogens with zero attached hydrogens (tertiary/aromatic N) is 1. The van der Waals surface area contributed by atoms with Crippen LogP contribution in [-0.2, 0) is 14.4 Å². The first-order valence-electron chi connectivity index (χ1n) is 6.82. The third kappa shape index (κ3) is 5.40. The first-order valence-corrected chi connectivity index (χ1v) is 7.97. The molecule has 1 saturated carbocycles. The third-order valence-electron chi connectivity index (χ3n) is 3.59. The Hall–Kier alpha value is -1.24. The highest BCUT2D eigenvalue weighted by Gasteiger charge is 2.23. The Labute approximate surface area is 123 Å². The van der Waals surface area contributed by atoms with Crippen molar-refractivity contribution in [2.45, 2.75) is 44.2 Å².